The Morgan fingerprint density at radius 1 is 1.08 bits per heavy atom. The molecular formula is C18H20FN3O2. The summed E-state index contributed by atoms with van der Waals surface area (Å²) in [6, 6.07) is 8.55. The largest absolute Gasteiger partial charge is 0.478 e. The minimum Gasteiger partial charge on any atom is -0.478 e. The highest BCUT2D eigenvalue weighted by Crippen LogP contribution is 2.14. The van der Waals surface area contributed by atoms with E-state index in [0.29, 0.717) is 13.1 Å². The van der Waals surface area contributed by atoms with E-state index in [4.69, 9.17) is 5.11 Å². The molecule has 2 heterocycles. The molecule has 0 bridgehead atoms. The standard InChI is InChI=1S/C18H20FN3O2/c19-17-4-2-1-3-15(17)13-22-7-5-21(6-8-22)12-14-9-16(18(23)24)11-20-10-14/h1-4,9-11H,5-8,12-13H2,(H,23,24). The summed E-state index contributed by atoms with van der Waals surface area (Å²) >= 11 is 0. The van der Waals surface area contributed by atoms with E-state index in [-0.39, 0.29) is 11.4 Å². The van der Waals surface area contributed by atoms with Gasteiger partial charge in [0.2, 0.25) is 0 Å². The second-order valence-electron chi connectivity index (χ2n) is 6.03. The predicted octanol–water partition coefficient (Wildman–Crippen LogP) is 2.24. The van der Waals surface area contributed by atoms with Crippen LogP contribution in [0, 0.1) is 5.82 Å². The fourth-order valence-electron chi connectivity index (χ4n) is 2.92. The van der Waals surface area contributed by atoms with Gasteiger partial charge in [-0.1, -0.05) is 18.2 Å². The Morgan fingerprint density at radius 2 is 1.75 bits per heavy atom. The third kappa shape index (κ3) is 4.15. The number of rotatable bonds is 5. The summed E-state index contributed by atoms with van der Waals surface area (Å²) in [6.07, 6.45) is 3.07. The third-order valence-corrected chi connectivity index (χ3v) is 4.26. The fourth-order valence-corrected chi connectivity index (χ4v) is 2.92. The van der Waals surface area contributed by atoms with Gasteiger partial charge in [0.25, 0.3) is 0 Å². The van der Waals surface area contributed by atoms with Crippen LogP contribution in [0.4, 0.5) is 4.39 Å². The highest BCUT2D eigenvalue weighted by molar-refractivity contribution is 5.87. The molecule has 1 fully saturated rings. The Kier molecular flexibility index (Phi) is 5.17. The molecule has 3 rings (SSSR count). The number of halogens is 1. The molecule has 1 N–H and O–H groups in total. The van der Waals surface area contributed by atoms with Gasteiger partial charge in [0.05, 0.1) is 5.56 Å². The SMILES string of the molecule is O=C(O)c1cncc(CN2CCN(Cc3ccccc3F)CC2)c1. The quantitative estimate of drug-likeness (QED) is 0.912. The topological polar surface area (TPSA) is 56.7 Å². The van der Waals surface area contributed by atoms with Crippen LogP contribution in [0.2, 0.25) is 0 Å². The van der Waals surface area contributed by atoms with E-state index in [2.05, 4.69) is 14.8 Å². The average molecular weight is 329 g/mol. The van der Waals surface area contributed by atoms with Gasteiger partial charge in [0, 0.05) is 57.2 Å². The molecule has 6 heteroatoms. The number of aromatic carboxylic acids is 1. The summed E-state index contributed by atoms with van der Waals surface area (Å²) in [7, 11) is 0. The van der Waals surface area contributed by atoms with E-state index < -0.39 is 5.97 Å². The zero-order valence-electron chi connectivity index (χ0n) is 13.4. The number of hydrogen-bond acceptors (Lipinski definition) is 4. The maximum atomic E-state index is 13.7. The highest BCUT2D eigenvalue weighted by Gasteiger charge is 2.18. The molecule has 1 aromatic heterocycles. The normalized spacial score (nSPS) is 16.2. The van der Waals surface area contributed by atoms with Gasteiger partial charge in [-0.15, -0.1) is 0 Å². The first kappa shape index (κ1) is 16.5. The first-order valence-electron chi connectivity index (χ1n) is 7.97. The molecule has 0 saturated carbocycles. The zero-order chi connectivity index (χ0) is 16.9. The molecule has 0 atom stereocenters. The molecule has 0 unspecified atom stereocenters. The monoisotopic (exact) mass is 329 g/mol. The van der Waals surface area contributed by atoms with Crippen molar-refractivity contribution in [1.29, 1.82) is 0 Å². The smallest absolute Gasteiger partial charge is 0.337 e. The van der Waals surface area contributed by atoms with Crippen molar-refractivity contribution >= 4 is 5.97 Å². The Morgan fingerprint density at radius 3 is 2.42 bits per heavy atom. The number of piperazine rings is 1. The summed E-state index contributed by atoms with van der Waals surface area (Å²) < 4.78 is 13.7. The van der Waals surface area contributed by atoms with Crippen molar-refractivity contribution in [2.75, 3.05) is 26.2 Å². The Hall–Kier alpha value is -2.31. The number of hydrogen-bond donors (Lipinski definition) is 1. The van der Waals surface area contributed by atoms with Crippen LogP contribution in [0.3, 0.4) is 0 Å². The Balaban J connectivity index is 1.53. The van der Waals surface area contributed by atoms with Gasteiger partial charge in [0.15, 0.2) is 0 Å². The van der Waals surface area contributed by atoms with Crippen LogP contribution in [0.1, 0.15) is 21.5 Å². The fraction of sp³-hybridized carbons (Fsp3) is 0.333. The zero-order valence-corrected chi connectivity index (χ0v) is 13.4. The van der Waals surface area contributed by atoms with Crippen LogP contribution in [-0.4, -0.2) is 52.0 Å². The number of aromatic nitrogens is 1. The lowest BCUT2D eigenvalue weighted by molar-refractivity contribution is 0.0696. The maximum absolute atomic E-state index is 13.7. The van der Waals surface area contributed by atoms with Crippen LogP contribution >= 0.6 is 0 Å². The molecule has 0 aliphatic carbocycles. The van der Waals surface area contributed by atoms with Gasteiger partial charge >= 0.3 is 5.97 Å². The van der Waals surface area contributed by atoms with Crippen LogP contribution in [0.25, 0.3) is 0 Å². The molecule has 126 valence electrons. The van der Waals surface area contributed by atoms with Crippen LogP contribution in [-0.2, 0) is 13.1 Å². The molecule has 2 aromatic rings. The lowest BCUT2D eigenvalue weighted by atomic mass is 10.1. The molecule has 5 nitrogen and oxygen atoms in total. The van der Waals surface area contributed by atoms with Crippen molar-refractivity contribution in [2.24, 2.45) is 0 Å². The van der Waals surface area contributed by atoms with Crippen molar-refractivity contribution < 1.29 is 14.3 Å². The molecule has 1 aromatic carbocycles. The Labute approximate surface area is 140 Å². The van der Waals surface area contributed by atoms with Crippen molar-refractivity contribution in [3.05, 3.63) is 65.2 Å². The molecular weight excluding hydrogens is 309 g/mol. The summed E-state index contributed by atoms with van der Waals surface area (Å²) in [5.74, 6) is -1.12. The first-order valence-corrected chi connectivity index (χ1v) is 7.97. The number of nitrogens with zero attached hydrogens (tertiary/aromatic N) is 3. The Bertz CT molecular complexity index is 715. The molecule has 1 saturated heterocycles. The summed E-state index contributed by atoms with van der Waals surface area (Å²) in [6.45, 7) is 4.76. The number of benzene rings is 1. The van der Waals surface area contributed by atoms with Crippen molar-refractivity contribution in [3.8, 4) is 0 Å². The maximum Gasteiger partial charge on any atom is 0.337 e. The van der Waals surface area contributed by atoms with E-state index >= 15 is 0 Å². The molecule has 0 spiro atoms. The van der Waals surface area contributed by atoms with Crippen molar-refractivity contribution in [3.63, 3.8) is 0 Å². The first-order chi connectivity index (χ1) is 11.6. The van der Waals surface area contributed by atoms with E-state index in [1.807, 2.05) is 12.1 Å². The molecule has 0 radical (unpaired) electrons. The summed E-state index contributed by atoms with van der Waals surface area (Å²) in [5.41, 5.74) is 1.84. The van der Waals surface area contributed by atoms with Gasteiger partial charge in [0.1, 0.15) is 5.82 Å². The van der Waals surface area contributed by atoms with Crippen LogP contribution in [0.15, 0.2) is 42.7 Å². The van der Waals surface area contributed by atoms with Gasteiger partial charge in [-0.2, -0.15) is 0 Å². The van der Waals surface area contributed by atoms with E-state index in [9.17, 15) is 9.18 Å². The summed E-state index contributed by atoms with van der Waals surface area (Å²) in [4.78, 5) is 19.5. The number of carboxylic acids is 1. The molecule has 1 aliphatic heterocycles. The third-order valence-electron chi connectivity index (χ3n) is 4.26. The van der Waals surface area contributed by atoms with Gasteiger partial charge < -0.3 is 5.11 Å². The van der Waals surface area contributed by atoms with Crippen LogP contribution < -0.4 is 0 Å². The van der Waals surface area contributed by atoms with Gasteiger partial charge in [-0.3, -0.25) is 14.8 Å². The highest BCUT2D eigenvalue weighted by atomic mass is 19.1. The predicted molar refractivity (Wildman–Crippen MR) is 88.2 cm³/mol. The minimum atomic E-state index is -0.959. The van der Waals surface area contributed by atoms with E-state index in [1.165, 1.54) is 12.3 Å². The van der Waals surface area contributed by atoms with E-state index in [1.54, 1.807) is 18.3 Å². The second-order valence-corrected chi connectivity index (χ2v) is 6.03. The van der Waals surface area contributed by atoms with Gasteiger partial charge in [-0.05, 0) is 17.7 Å². The number of carboxylic acid groups (broad SMARTS) is 1. The van der Waals surface area contributed by atoms with Crippen LogP contribution in [0.5, 0.6) is 0 Å². The van der Waals surface area contributed by atoms with Gasteiger partial charge in [-0.25, -0.2) is 9.18 Å². The molecule has 0 amide bonds. The lowest BCUT2D eigenvalue weighted by Crippen LogP contribution is -2.45. The van der Waals surface area contributed by atoms with Crippen molar-refractivity contribution in [1.82, 2.24) is 14.8 Å². The van der Waals surface area contributed by atoms with Crippen molar-refractivity contribution in [2.45, 2.75) is 13.1 Å². The average Bonchev–Trinajstić information content (AvgIpc) is 2.59. The second kappa shape index (κ2) is 7.51. The molecule has 24 heavy (non-hydrogen) atoms. The number of pyridine rings is 1. The lowest BCUT2D eigenvalue weighted by Gasteiger charge is -2.34. The number of carbonyl (C=O) groups is 1. The molecule has 1 aliphatic rings. The summed E-state index contributed by atoms with van der Waals surface area (Å²) in [5, 5.41) is 9.02. The van der Waals surface area contributed by atoms with E-state index in [0.717, 1.165) is 37.3 Å². The minimum absolute atomic E-state index is 0.156.